The molecule has 1 aliphatic heterocycles. The third-order valence-corrected chi connectivity index (χ3v) is 4.03. The average molecular weight is 206 g/mol. The second kappa shape index (κ2) is 4.39. The van der Waals surface area contributed by atoms with E-state index in [0.717, 1.165) is 19.4 Å². The largest absolute Gasteiger partial charge is 0.328 e. The van der Waals surface area contributed by atoms with E-state index >= 15 is 0 Å². The Balaban J connectivity index is 2.18. The summed E-state index contributed by atoms with van der Waals surface area (Å²) in [6.45, 7) is 2.77. The number of hydrogen-bond acceptors (Lipinski definition) is 4. The highest BCUT2D eigenvalue weighted by atomic mass is 32.2. The fourth-order valence-corrected chi connectivity index (χ4v) is 3.18. The zero-order chi connectivity index (χ0) is 9.90. The number of sulfone groups is 1. The summed E-state index contributed by atoms with van der Waals surface area (Å²) in [5, 5.41) is 3.21. The standard InChI is InChI=1S/C8H18N2O2S/c1-7(9)2-4-10-8-3-5-13(11,12)6-8/h7-8,10H,2-6,9H2,1H3. The fourth-order valence-electron chi connectivity index (χ4n) is 1.47. The van der Waals surface area contributed by atoms with Crippen LogP contribution in [0.3, 0.4) is 0 Å². The minimum atomic E-state index is -2.74. The zero-order valence-electron chi connectivity index (χ0n) is 7.99. The van der Waals surface area contributed by atoms with Gasteiger partial charge in [-0.2, -0.15) is 0 Å². The summed E-state index contributed by atoms with van der Waals surface area (Å²) in [5.74, 6) is 0.634. The van der Waals surface area contributed by atoms with Gasteiger partial charge in [0.2, 0.25) is 0 Å². The third-order valence-electron chi connectivity index (χ3n) is 2.27. The Bertz CT molecular complexity index is 249. The summed E-state index contributed by atoms with van der Waals surface area (Å²) in [4.78, 5) is 0. The number of hydrogen-bond donors (Lipinski definition) is 2. The molecule has 0 aliphatic carbocycles. The van der Waals surface area contributed by atoms with Crippen LogP contribution in [0.4, 0.5) is 0 Å². The summed E-state index contributed by atoms with van der Waals surface area (Å²) in [6.07, 6.45) is 1.65. The molecule has 0 amide bonds. The Morgan fingerprint density at radius 2 is 2.31 bits per heavy atom. The molecule has 0 aromatic rings. The maximum Gasteiger partial charge on any atom is 0.151 e. The molecular weight excluding hydrogens is 188 g/mol. The Morgan fingerprint density at radius 3 is 2.77 bits per heavy atom. The SMILES string of the molecule is CC(N)CCNC1CCS(=O)(=O)C1. The van der Waals surface area contributed by atoms with Crippen LogP contribution in [-0.2, 0) is 9.84 Å². The molecule has 3 N–H and O–H groups in total. The maximum absolute atomic E-state index is 11.1. The molecule has 13 heavy (non-hydrogen) atoms. The smallest absolute Gasteiger partial charge is 0.151 e. The van der Waals surface area contributed by atoms with E-state index < -0.39 is 9.84 Å². The van der Waals surface area contributed by atoms with Gasteiger partial charge in [-0.25, -0.2) is 8.42 Å². The van der Waals surface area contributed by atoms with Crippen LogP contribution in [0.5, 0.6) is 0 Å². The van der Waals surface area contributed by atoms with Gasteiger partial charge >= 0.3 is 0 Å². The predicted octanol–water partition coefficient (Wildman–Crippen LogP) is -0.500. The lowest BCUT2D eigenvalue weighted by Gasteiger charge is -2.11. The molecule has 2 atom stereocenters. The molecular formula is C8H18N2O2S. The van der Waals surface area contributed by atoms with Crippen LogP contribution < -0.4 is 11.1 Å². The molecule has 1 fully saturated rings. The first-order valence-electron chi connectivity index (χ1n) is 4.69. The summed E-state index contributed by atoms with van der Waals surface area (Å²) in [7, 11) is -2.74. The van der Waals surface area contributed by atoms with Crippen molar-refractivity contribution in [3.63, 3.8) is 0 Å². The van der Waals surface area contributed by atoms with E-state index in [4.69, 9.17) is 5.73 Å². The molecule has 4 nitrogen and oxygen atoms in total. The molecule has 0 aromatic heterocycles. The monoisotopic (exact) mass is 206 g/mol. The van der Waals surface area contributed by atoms with E-state index in [-0.39, 0.29) is 12.1 Å². The Kier molecular flexibility index (Phi) is 3.70. The average Bonchev–Trinajstić information content (AvgIpc) is 2.29. The second-order valence-electron chi connectivity index (χ2n) is 3.82. The van der Waals surface area contributed by atoms with Crippen molar-refractivity contribution in [2.45, 2.75) is 31.8 Å². The number of rotatable bonds is 4. The minimum absolute atomic E-state index is 0.156. The quantitative estimate of drug-likeness (QED) is 0.650. The van der Waals surface area contributed by atoms with E-state index in [0.29, 0.717) is 11.5 Å². The van der Waals surface area contributed by atoms with Gasteiger partial charge in [0, 0.05) is 12.1 Å². The van der Waals surface area contributed by atoms with Gasteiger partial charge in [-0.05, 0) is 26.3 Å². The van der Waals surface area contributed by atoms with Gasteiger partial charge in [0.05, 0.1) is 11.5 Å². The summed E-state index contributed by atoms with van der Waals surface area (Å²) in [5.41, 5.74) is 5.57. The van der Waals surface area contributed by atoms with Crippen molar-refractivity contribution in [3.05, 3.63) is 0 Å². The van der Waals surface area contributed by atoms with Crippen LogP contribution >= 0.6 is 0 Å². The van der Waals surface area contributed by atoms with Crippen LogP contribution in [0.15, 0.2) is 0 Å². The maximum atomic E-state index is 11.1. The molecule has 0 spiro atoms. The van der Waals surface area contributed by atoms with Crippen LogP contribution in [-0.4, -0.2) is 38.6 Å². The molecule has 0 saturated carbocycles. The molecule has 0 aromatic carbocycles. The highest BCUT2D eigenvalue weighted by Crippen LogP contribution is 2.10. The van der Waals surface area contributed by atoms with Crippen molar-refractivity contribution in [2.24, 2.45) is 5.73 Å². The van der Waals surface area contributed by atoms with Gasteiger partial charge in [-0.15, -0.1) is 0 Å². The van der Waals surface area contributed by atoms with Crippen molar-refractivity contribution >= 4 is 9.84 Å². The van der Waals surface area contributed by atoms with E-state index in [1.165, 1.54) is 0 Å². The molecule has 2 unspecified atom stereocenters. The van der Waals surface area contributed by atoms with Gasteiger partial charge < -0.3 is 11.1 Å². The topological polar surface area (TPSA) is 72.2 Å². The highest BCUT2D eigenvalue weighted by Gasteiger charge is 2.26. The van der Waals surface area contributed by atoms with Gasteiger partial charge in [0.1, 0.15) is 0 Å². The summed E-state index contributed by atoms with van der Waals surface area (Å²) in [6, 6.07) is 0.342. The Hall–Kier alpha value is -0.130. The van der Waals surface area contributed by atoms with Crippen molar-refractivity contribution < 1.29 is 8.42 Å². The van der Waals surface area contributed by atoms with Gasteiger partial charge in [0.25, 0.3) is 0 Å². The van der Waals surface area contributed by atoms with E-state index in [9.17, 15) is 8.42 Å². The van der Waals surface area contributed by atoms with Crippen LogP contribution in [0.25, 0.3) is 0 Å². The van der Waals surface area contributed by atoms with Crippen molar-refractivity contribution in [2.75, 3.05) is 18.1 Å². The minimum Gasteiger partial charge on any atom is -0.328 e. The molecule has 0 bridgehead atoms. The zero-order valence-corrected chi connectivity index (χ0v) is 8.81. The molecule has 5 heteroatoms. The Labute approximate surface area is 79.8 Å². The molecule has 1 heterocycles. The summed E-state index contributed by atoms with van der Waals surface area (Å²) < 4.78 is 22.1. The van der Waals surface area contributed by atoms with Gasteiger partial charge in [-0.1, -0.05) is 0 Å². The van der Waals surface area contributed by atoms with E-state index in [2.05, 4.69) is 5.32 Å². The lowest BCUT2D eigenvalue weighted by atomic mass is 10.2. The fraction of sp³-hybridized carbons (Fsp3) is 1.00. The van der Waals surface area contributed by atoms with Crippen molar-refractivity contribution in [1.82, 2.24) is 5.32 Å². The Morgan fingerprint density at radius 1 is 1.62 bits per heavy atom. The summed E-state index contributed by atoms with van der Waals surface area (Å²) >= 11 is 0. The number of nitrogens with one attached hydrogen (secondary N) is 1. The van der Waals surface area contributed by atoms with Crippen molar-refractivity contribution in [3.8, 4) is 0 Å². The lowest BCUT2D eigenvalue weighted by Crippen LogP contribution is -2.33. The molecule has 0 radical (unpaired) electrons. The van der Waals surface area contributed by atoms with E-state index in [1.807, 2.05) is 6.92 Å². The first-order valence-corrected chi connectivity index (χ1v) is 6.51. The van der Waals surface area contributed by atoms with Crippen LogP contribution in [0, 0.1) is 0 Å². The second-order valence-corrected chi connectivity index (χ2v) is 6.05. The third kappa shape index (κ3) is 4.06. The highest BCUT2D eigenvalue weighted by molar-refractivity contribution is 7.91. The van der Waals surface area contributed by atoms with Crippen LogP contribution in [0.2, 0.25) is 0 Å². The van der Waals surface area contributed by atoms with Gasteiger partial charge in [0.15, 0.2) is 9.84 Å². The molecule has 78 valence electrons. The lowest BCUT2D eigenvalue weighted by molar-refractivity contribution is 0.518. The first kappa shape index (κ1) is 10.9. The first-order chi connectivity index (χ1) is 5.99. The van der Waals surface area contributed by atoms with E-state index in [1.54, 1.807) is 0 Å². The molecule has 1 aliphatic rings. The van der Waals surface area contributed by atoms with Crippen molar-refractivity contribution in [1.29, 1.82) is 0 Å². The molecule has 1 rings (SSSR count). The predicted molar refractivity (Wildman–Crippen MR) is 53.3 cm³/mol. The number of nitrogens with two attached hydrogens (primary N) is 1. The normalized spacial score (nSPS) is 28.9. The van der Waals surface area contributed by atoms with Crippen LogP contribution in [0.1, 0.15) is 19.8 Å². The van der Waals surface area contributed by atoms with Gasteiger partial charge in [-0.3, -0.25) is 0 Å². The molecule has 1 saturated heterocycles.